The maximum absolute atomic E-state index is 12.3. The second-order valence-electron chi connectivity index (χ2n) is 4.36. The van der Waals surface area contributed by atoms with E-state index in [2.05, 4.69) is 14.9 Å². The average molecular weight is 295 g/mol. The molecule has 0 saturated carbocycles. The molecule has 7 heteroatoms. The van der Waals surface area contributed by atoms with Crippen LogP contribution in [0.3, 0.4) is 0 Å². The first-order valence-corrected chi connectivity index (χ1v) is 7.66. The highest BCUT2D eigenvalue weighted by molar-refractivity contribution is 7.92. The fourth-order valence-corrected chi connectivity index (χ4v) is 3.02. The van der Waals surface area contributed by atoms with E-state index in [-0.39, 0.29) is 4.90 Å². The monoisotopic (exact) mass is 295 g/mol. The van der Waals surface area contributed by atoms with Gasteiger partial charge >= 0.3 is 0 Å². The molecule has 0 bridgehead atoms. The number of nitrogens with one attached hydrogen (secondary N) is 2. The molecule has 0 aliphatic rings. The third kappa shape index (κ3) is 2.77. The molecule has 0 unspecified atom stereocenters. The van der Waals surface area contributed by atoms with Crippen molar-refractivity contribution in [3.05, 3.63) is 35.5 Å². The lowest BCUT2D eigenvalue weighted by Crippen LogP contribution is -2.14. The molecule has 1 aromatic heterocycles. The standard InChI is InChI=1S/C13H17N3O3S/c1-4-10-8-14-15-13(10)16-20(17,18)11-5-6-12(19-3)9(2)7-11/h5-8H,4H2,1-3H3,(H2,14,15,16). The number of sulfonamides is 1. The number of benzene rings is 1. The molecule has 0 radical (unpaired) electrons. The van der Waals surface area contributed by atoms with E-state index in [4.69, 9.17) is 4.74 Å². The minimum Gasteiger partial charge on any atom is -0.496 e. The fraction of sp³-hybridized carbons (Fsp3) is 0.308. The van der Waals surface area contributed by atoms with Gasteiger partial charge in [-0.2, -0.15) is 5.10 Å². The number of H-pyrrole nitrogens is 1. The molecule has 2 rings (SSSR count). The van der Waals surface area contributed by atoms with E-state index in [9.17, 15) is 8.42 Å². The number of rotatable bonds is 5. The minimum absolute atomic E-state index is 0.187. The Morgan fingerprint density at radius 1 is 1.40 bits per heavy atom. The van der Waals surface area contributed by atoms with Crippen LogP contribution in [0.2, 0.25) is 0 Å². The zero-order valence-electron chi connectivity index (χ0n) is 11.6. The topological polar surface area (TPSA) is 84.1 Å². The molecule has 1 aromatic carbocycles. The second-order valence-corrected chi connectivity index (χ2v) is 6.04. The first-order valence-electron chi connectivity index (χ1n) is 6.17. The van der Waals surface area contributed by atoms with Gasteiger partial charge in [0, 0.05) is 5.56 Å². The number of aromatic nitrogens is 2. The predicted octanol–water partition coefficient (Wildman–Crippen LogP) is 2.09. The maximum Gasteiger partial charge on any atom is 0.263 e. The molecule has 0 amide bonds. The maximum atomic E-state index is 12.3. The summed E-state index contributed by atoms with van der Waals surface area (Å²) < 4.78 is 32.3. The van der Waals surface area contributed by atoms with Crippen LogP contribution in [0.5, 0.6) is 5.75 Å². The highest BCUT2D eigenvalue weighted by Gasteiger charge is 2.17. The van der Waals surface area contributed by atoms with E-state index in [0.717, 1.165) is 11.1 Å². The third-order valence-corrected chi connectivity index (χ3v) is 4.36. The SMILES string of the molecule is CCc1cn[nH]c1NS(=O)(=O)c1ccc(OC)c(C)c1. The summed E-state index contributed by atoms with van der Waals surface area (Å²) in [4.78, 5) is 0.187. The Balaban J connectivity index is 2.33. The van der Waals surface area contributed by atoms with Gasteiger partial charge in [-0.15, -0.1) is 0 Å². The summed E-state index contributed by atoms with van der Waals surface area (Å²) in [7, 11) is -2.09. The quantitative estimate of drug-likeness (QED) is 0.884. The fourth-order valence-electron chi connectivity index (χ4n) is 1.88. The Kier molecular flexibility index (Phi) is 3.99. The van der Waals surface area contributed by atoms with Crippen LogP contribution in [-0.2, 0) is 16.4 Å². The van der Waals surface area contributed by atoms with Gasteiger partial charge in [0.1, 0.15) is 11.6 Å². The van der Waals surface area contributed by atoms with Crippen LogP contribution in [0.15, 0.2) is 29.3 Å². The van der Waals surface area contributed by atoms with Crippen molar-refractivity contribution >= 4 is 15.8 Å². The molecule has 0 spiro atoms. The molecule has 2 N–H and O–H groups in total. The Labute approximate surface area is 118 Å². The highest BCUT2D eigenvalue weighted by atomic mass is 32.2. The van der Waals surface area contributed by atoms with Gasteiger partial charge in [-0.05, 0) is 37.1 Å². The molecular weight excluding hydrogens is 278 g/mol. The molecule has 108 valence electrons. The van der Waals surface area contributed by atoms with Gasteiger partial charge in [0.25, 0.3) is 10.0 Å². The lowest BCUT2D eigenvalue weighted by atomic mass is 10.2. The number of ether oxygens (including phenoxy) is 1. The summed E-state index contributed by atoms with van der Waals surface area (Å²) >= 11 is 0. The first kappa shape index (κ1) is 14.4. The zero-order valence-corrected chi connectivity index (χ0v) is 12.4. The molecule has 6 nitrogen and oxygen atoms in total. The van der Waals surface area contributed by atoms with Crippen molar-refractivity contribution in [2.75, 3.05) is 11.8 Å². The Morgan fingerprint density at radius 3 is 2.75 bits per heavy atom. The van der Waals surface area contributed by atoms with E-state index in [1.54, 1.807) is 32.4 Å². The molecule has 20 heavy (non-hydrogen) atoms. The average Bonchev–Trinajstić information content (AvgIpc) is 2.85. The third-order valence-electron chi connectivity index (χ3n) is 3.01. The number of hydrogen-bond acceptors (Lipinski definition) is 4. The van der Waals surface area contributed by atoms with Crippen molar-refractivity contribution in [3.63, 3.8) is 0 Å². The summed E-state index contributed by atoms with van der Waals surface area (Å²) in [6.45, 7) is 3.73. The van der Waals surface area contributed by atoms with Gasteiger partial charge in [-0.1, -0.05) is 6.92 Å². The van der Waals surface area contributed by atoms with Gasteiger partial charge < -0.3 is 4.74 Å². The number of anilines is 1. The molecule has 0 atom stereocenters. The smallest absolute Gasteiger partial charge is 0.263 e. The van der Waals surface area contributed by atoms with Gasteiger partial charge in [0.15, 0.2) is 0 Å². The van der Waals surface area contributed by atoms with Crippen molar-refractivity contribution in [1.29, 1.82) is 0 Å². The van der Waals surface area contributed by atoms with E-state index in [1.807, 2.05) is 6.92 Å². The van der Waals surface area contributed by atoms with Crippen LogP contribution >= 0.6 is 0 Å². The van der Waals surface area contributed by atoms with Gasteiger partial charge in [0.05, 0.1) is 18.2 Å². The van der Waals surface area contributed by atoms with Crippen LogP contribution in [0, 0.1) is 6.92 Å². The number of nitrogens with zero attached hydrogens (tertiary/aromatic N) is 1. The summed E-state index contributed by atoms with van der Waals surface area (Å²) in [5.41, 5.74) is 1.58. The minimum atomic E-state index is -3.64. The Bertz CT molecular complexity index is 707. The van der Waals surface area contributed by atoms with Crippen molar-refractivity contribution in [3.8, 4) is 5.75 Å². The van der Waals surface area contributed by atoms with E-state index < -0.39 is 10.0 Å². The van der Waals surface area contributed by atoms with Gasteiger partial charge in [-0.25, -0.2) is 8.42 Å². The van der Waals surface area contributed by atoms with Crippen molar-refractivity contribution in [1.82, 2.24) is 10.2 Å². The lowest BCUT2D eigenvalue weighted by Gasteiger charge is -2.10. The summed E-state index contributed by atoms with van der Waals surface area (Å²) in [5, 5.41) is 6.50. The number of methoxy groups -OCH3 is 1. The first-order chi connectivity index (χ1) is 9.47. The number of aromatic amines is 1. The highest BCUT2D eigenvalue weighted by Crippen LogP contribution is 2.23. The van der Waals surface area contributed by atoms with Gasteiger partial charge in [0.2, 0.25) is 0 Å². The summed E-state index contributed by atoms with van der Waals surface area (Å²) in [5.74, 6) is 1.06. The molecule has 0 saturated heterocycles. The van der Waals surface area contributed by atoms with Crippen LogP contribution in [0.4, 0.5) is 5.82 Å². The van der Waals surface area contributed by atoms with E-state index in [0.29, 0.717) is 18.0 Å². The number of hydrogen-bond donors (Lipinski definition) is 2. The van der Waals surface area contributed by atoms with Crippen LogP contribution in [0.1, 0.15) is 18.1 Å². The zero-order chi connectivity index (χ0) is 14.8. The molecule has 0 fully saturated rings. The van der Waals surface area contributed by atoms with Crippen LogP contribution in [0.25, 0.3) is 0 Å². The summed E-state index contributed by atoms with van der Waals surface area (Å²) in [6.07, 6.45) is 2.30. The molecule has 0 aliphatic carbocycles. The lowest BCUT2D eigenvalue weighted by molar-refractivity contribution is 0.411. The van der Waals surface area contributed by atoms with Crippen LogP contribution in [-0.4, -0.2) is 25.7 Å². The molecule has 2 aromatic rings. The Morgan fingerprint density at radius 2 is 2.15 bits per heavy atom. The van der Waals surface area contributed by atoms with Crippen molar-refractivity contribution in [2.45, 2.75) is 25.2 Å². The molecule has 0 aliphatic heterocycles. The molecular formula is C13H17N3O3S. The summed E-state index contributed by atoms with van der Waals surface area (Å²) in [6, 6.07) is 4.72. The van der Waals surface area contributed by atoms with Crippen molar-refractivity contribution in [2.24, 2.45) is 0 Å². The normalized spacial score (nSPS) is 11.3. The Hall–Kier alpha value is -2.02. The van der Waals surface area contributed by atoms with Crippen LogP contribution < -0.4 is 9.46 Å². The van der Waals surface area contributed by atoms with E-state index >= 15 is 0 Å². The van der Waals surface area contributed by atoms with Crippen molar-refractivity contribution < 1.29 is 13.2 Å². The second kappa shape index (κ2) is 5.54. The van der Waals surface area contributed by atoms with Gasteiger partial charge in [-0.3, -0.25) is 9.82 Å². The molecule has 1 heterocycles. The van der Waals surface area contributed by atoms with E-state index in [1.165, 1.54) is 6.07 Å². The number of aryl methyl sites for hydroxylation is 2. The largest absolute Gasteiger partial charge is 0.496 e. The predicted molar refractivity (Wildman–Crippen MR) is 76.5 cm³/mol.